The zero-order valence-electron chi connectivity index (χ0n) is 30.2. The van der Waals surface area contributed by atoms with E-state index in [2.05, 4.69) is 22.9 Å². The van der Waals surface area contributed by atoms with Gasteiger partial charge in [-0.3, -0.25) is 14.4 Å². The molecule has 2 aliphatic rings. The van der Waals surface area contributed by atoms with Crippen LogP contribution >= 0.6 is 0 Å². The number of amides is 3. The second-order valence-corrected chi connectivity index (χ2v) is 13.4. The van der Waals surface area contributed by atoms with Gasteiger partial charge in [-0.2, -0.15) is 0 Å². The second kappa shape index (κ2) is 24.3. The van der Waals surface area contributed by atoms with E-state index >= 15 is 0 Å². The third-order valence-electron chi connectivity index (χ3n) is 9.31. The summed E-state index contributed by atoms with van der Waals surface area (Å²) in [5.74, 6) is -0.996. The topological polar surface area (TPSA) is 266 Å². The Morgan fingerprint density at radius 1 is 0.686 bits per heavy atom. The van der Waals surface area contributed by atoms with Gasteiger partial charge in [0.1, 0.15) is 54.9 Å². The van der Waals surface area contributed by atoms with Crippen LogP contribution < -0.4 is 16.0 Å². The van der Waals surface area contributed by atoms with Crippen LogP contribution in [0.25, 0.3) is 0 Å². The summed E-state index contributed by atoms with van der Waals surface area (Å²) in [6.07, 6.45) is -7.42. The number of hydrogen-bond acceptors (Lipinski definition) is 14. The fraction of sp³-hybridized carbons (Fsp3) is 0.912. The molecule has 3 amide bonds. The van der Waals surface area contributed by atoms with Gasteiger partial charge in [-0.25, -0.2) is 0 Å². The molecule has 2 rings (SSSR count). The molecule has 0 aromatic carbocycles. The lowest BCUT2D eigenvalue weighted by atomic mass is 9.97. The lowest BCUT2D eigenvalue weighted by Gasteiger charge is -2.46. The van der Waals surface area contributed by atoms with Crippen LogP contribution in [0.15, 0.2) is 0 Å². The van der Waals surface area contributed by atoms with Crippen LogP contribution in [0.4, 0.5) is 0 Å². The number of carbonyl (C=O) groups is 3. The zero-order chi connectivity index (χ0) is 37.9. The van der Waals surface area contributed by atoms with Crippen molar-refractivity contribution < 1.29 is 69.1 Å². The first-order valence-corrected chi connectivity index (χ1v) is 18.4. The number of hydrogen-bond donors (Lipinski definition) is 10. The Morgan fingerprint density at radius 3 is 1.88 bits per heavy atom. The smallest absolute Gasteiger partial charge is 0.244 e. The Balaban J connectivity index is 1.98. The molecule has 17 nitrogen and oxygen atoms in total. The molecule has 9 unspecified atom stereocenters. The van der Waals surface area contributed by atoms with Gasteiger partial charge in [-0.05, 0) is 25.7 Å². The van der Waals surface area contributed by atoms with Crippen molar-refractivity contribution in [1.29, 1.82) is 0 Å². The molecule has 298 valence electrons. The van der Waals surface area contributed by atoms with Crippen molar-refractivity contribution in [2.24, 2.45) is 5.92 Å². The van der Waals surface area contributed by atoms with Crippen molar-refractivity contribution in [3.8, 4) is 0 Å². The van der Waals surface area contributed by atoms with E-state index in [4.69, 9.17) is 18.9 Å². The minimum atomic E-state index is -1.81. The van der Waals surface area contributed by atoms with Crippen molar-refractivity contribution in [2.75, 3.05) is 32.9 Å². The van der Waals surface area contributed by atoms with Gasteiger partial charge >= 0.3 is 0 Å². The number of unbranched alkanes of at least 4 members (excludes halogenated alkanes) is 7. The maximum absolute atomic E-state index is 13.2. The summed E-state index contributed by atoms with van der Waals surface area (Å²) in [5.41, 5.74) is 0. The zero-order valence-corrected chi connectivity index (χ0v) is 30.2. The van der Waals surface area contributed by atoms with E-state index in [-0.39, 0.29) is 18.2 Å². The molecule has 0 bridgehead atoms. The third kappa shape index (κ3) is 14.7. The SMILES string of the molecule is CCCCCCCCNC(=O)C(COC1OC(CO)[C@@H](O[C@@H]2OC(CO)[C@H](O)C(O)C2O)C(O)C1O)NC(=O)CCCCCNC(=O)C(C)CC. The predicted octanol–water partition coefficient (Wildman–Crippen LogP) is -1.69. The molecule has 2 saturated heterocycles. The largest absolute Gasteiger partial charge is 0.394 e. The first-order valence-electron chi connectivity index (χ1n) is 18.4. The highest BCUT2D eigenvalue weighted by molar-refractivity contribution is 5.87. The lowest BCUT2D eigenvalue weighted by molar-refractivity contribution is -0.359. The molecule has 0 aliphatic carbocycles. The molecule has 10 N–H and O–H groups in total. The van der Waals surface area contributed by atoms with Gasteiger partial charge in [0.25, 0.3) is 0 Å². The molecular formula is C34H63N3O14. The molecule has 2 aliphatic heterocycles. The molecule has 0 aromatic rings. The summed E-state index contributed by atoms with van der Waals surface area (Å²) < 4.78 is 22.2. The van der Waals surface area contributed by atoms with Crippen LogP contribution in [0.1, 0.15) is 91.4 Å². The monoisotopic (exact) mass is 737 g/mol. The highest BCUT2D eigenvalue weighted by Crippen LogP contribution is 2.29. The van der Waals surface area contributed by atoms with Gasteiger partial charge in [0.2, 0.25) is 17.7 Å². The Morgan fingerprint density at radius 2 is 1.25 bits per heavy atom. The van der Waals surface area contributed by atoms with Gasteiger partial charge in [0.05, 0.1) is 19.8 Å². The average molecular weight is 738 g/mol. The number of ether oxygens (including phenoxy) is 4. The number of rotatable bonds is 24. The van der Waals surface area contributed by atoms with Crippen molar-refractivity contribution in [3.05, 3.63) is 0 Å². The molecule has 2 heterocycles. The van der Waals surface area contributed by atoms with Gasteiger partial charge in [-0.1, -0.05) is 59.3 Å². The van der Waals surface area contributed by atoms with Crippen molar-refractivity contribution in [2.45, 2.75) is 159 Å². The Hall–Kier alpha value is -2.03. The third-order valence-corrected chi connectivity index (χ3v) is 9.31. The summed E-state index contributed by atoms with van der Waals surface area (Å²) in [4.78, 5) is 37.9. The maximum Gasteiger partial charge on any atom is 0.244 e. The number of aliphatic hydroxyl groups is 7. The number of aliphatic hydroxyl groups excluding tert-OH is 7. The molecule has 0 radical (unpaired) electrons. The first-order chi connectivity index (χ1) is 24.4. The highest BCUT2D eigenvalue weighted by Gasteiger charge is 2.51. The highest BCUT2D eigenvalue weighted by atomic mass is 16.7. The molecule has 0 saturated carbocycles. The minimum absolute atomic E-state index is 0.00759. The number of nitrogens with one attached hydrogen (secondary N) is 3. The van der Waals surface area contributed by atoms with E-state index in [1.807, 2.05) is 13.8 Å². The van der Waals surface area contributed by atoms with Crippen molar-refractivity contribution >= 4 is 17.7 Å². The van der Waals surface area contributed by atoms with Gasteiger partial charge in [0.15, 0.2) is 12.6 Å². The van der Waals surface area contributed by atoms with E-state index in [0.29, 0.717) is 32.4 Å². The van der Waals surface area contributed by atoms with Gasteiger partial charge in [-0.15, -0.1) is 0 Å². The van der Waals surface area contributed by atoms with E-state index in [1.54, 1.807) is 0 Å². The van der Waals surface area contributed by atoms with Crippen LogP contribution in [0, 0.1) is 5.92 Å². The number of carbonyl (C=O) groups excluding carboxylic acids is 3. The Labute approximate surface area is 300 Å². The maximum atomic E-state index is 13.2. The van der Waals surface area contributed by atoms with Crippen molar-refractivity contribution in [3.63, 3.8) is 0 Å². The molecule has 51 heavy (non-hydrogen) atoms. The normalized spacial score (nSPS) is 30.7. The lowest BCUT2D eigenvalue weighted by Crippen LogP contribution is -2.65. The summed E-state index contributed by atoms with van der Waals surface area (Å²) in [7, 11) is 0. The quantitative estimate of drug-likeness (QED) is 0.0496. The second-order valence-electron chi connectivity index (χ2n) is 13.4. The molecule has 12 atom stereocenters. The Bertz CT molecular complexity index is 1010. The van der Waals surface area contributed by atoms with E-state index in [1.165, 1.54) is 0 Å². The fourth-order valence-corrected chi connectivity index (χ4v) is 5.73. The van der Waals surface area contributed by atoms with E-state index in [9.17, 15) is 50.1 Å². The molecule has 0 spiro atoms. The molecular weight excluding hydrogens is 674 g/mol. The van der Waals surface area contributed by atoms with E-state index < -0.39 is 99.1 Å². The summed E-state index contributed by atoms with van der Waals surface area (Å²) in [5, 5.41) is 80.1. The minimum Gasteiger partial charge on any atom is -0.394 e. The van der Waals surface area contributed by atoms with Crippen molar-refractivity contribution in [1.82, 2.24) is 16.0 Å². The van der Waals surface area contributed by atoms with E-state index in [0.717, 1.165) is 44.9 Å². The average Bonchev–Trinajstić information content (AvgIpc) is 3.12. The molecule has 2 fully saturated rings. The molecule has 17 heteroatoms. The molecule has 0 aromatic heterocycles. The van der Waals surface area contributed by atoms with Crippen LogP contribution in [0.2, 0.25) is 0 Å². The van der Waals surface area contributed by atoms with Crippen LogP contribution in [-0.4, -0.2) is 154 Å². The van der Waals surface area contributed by atoms with Gasteiger partial charge < -0.3 is 70.6 Å². The Kier molecular flexibility index (Phi) is 21.5. The summed E-state index contributed by atoms with van der Waals surface area (Å²) >= 11 is 0. The van der Waals surface area contributed by atoms with Crippen LogP contribution in [0.3, 0.4) is 0 Å². The van der Waals surface area contributed by atoms with Gasteiger partial charge in [0, 0.05) is 25.4 Å². The summed E-state index contributed by atoms with van der Waals surface area (Å²) in [6.45, 7) is 4.87. The predicted molar refractivity (Wildman–Crippen MR) is 182 cm³/mol. The summed E-state index contributed by atoms with van der Waals surface area (Å²) in [6, 6.07) is -1.18. The standard InChI is InChI=1S/C34H63N3O14/c1-4-6-7-8-9-12-16-36-32(47)21(37-24(40)14-11-10-13-15-35-31(46)20(3)5-2)19-48-33-29(45)27(43)30(23(18-39)50-33)51-34-28(44)26(42)25(41)22(17-38)49-34/h20-23,25-30,33-34,38-39,41-45H,4-19H2,1-3H3,(H,35,46)(H,36,47)(H,37,40)/t20?,21?,22?,23?,25-,26?,27?,28?,29?,30+,33?,34-/m0/s1. The fourth-order valence-electron chi connectivity index (χ4n) is 5.73. The first kappa shape index (κ1) is 45.1. The van der Waals surface area contributed by atoms with Crippen LogP contribution in [0.5, 0.6) is 0 Å². The van der Waals surface area contributed by atoms with Crippen LogP contribution in [-0.2, 0) is 33.3 Å².